The number of hydrogen-bond acceptors (Lipinski definition) is 3. The van der Waals surface area contributed by atoms with Gasteiger partial charge in [0.1, 0.15) is 11.3 Å². The molecule has 2 aliphatic heterocycles. The Morgan fingerprint density at radius 1 is 1.26 bits per heavy atom. The molecule has 19 heavy (non-hydrogen) atoms. The topological polar surface area (TPSA) is 21.3 Å². The van der Waals surface area contributed by atoms with Crippen molar-refractivity contribution in [2.45, 2.75) is 18.4 Å². The predicted octanol–water partition coefficient (Wildman–Crippen LogP) is 3.38. The van der Waals surface area contributed by atoms with Crippen molar-refractivity contribution in [1.29, 1.82) is 0 Å². The summed E-state index contributed by atoms with van der Waals surface area (Å²) >= 11 is 7.91. The van der Waals surface area contributed by atoms with Crippen molar-refractivity contribution in [1.82, 2.24) is 5.48 Å². The number of hydrogen-bond donors (Lipinski definition) is 1. The first-order chi connectivity index (χ1) is 9.26. The van der Waals surface area contributed by atoms with E-state index < -0.39 is 0 Å². The van der Waals surface area contributed by atoms with Gasteiger partial charge in [-0.1, -0.05) is 23.6 Å². The summed E-state index contributed by atoms with van der Waals surface area (Å²) in [6.07, 6.45) is 4.23. The van der Waals surface area contributed by atoms with Crippen molar-refractivity contribution in [3.8, 4) is 11.8 Å². The quantitative estimate of drug-likeness (QED) is 0.741. The Morgan fingerprint density at radius 3 is 2.89 bits per heavy atom. The van der Waals surface area contributed by atoms with E-state index in [9.17, 15) is 0 Å². The molecule has 1 aromatic rings. The van der Waals surface area contributed by atoms with Crippen LogP contribution in [0, 0.1) is 11.8 Å². The number of benzene rings is 1. The molecule has 0 bridgehead atoms. The molecule has 2 nitrogen and oxygen atoms in total. The first-order valence-electron chi connectivity index (χ1n) is 6.28. The van der Waals surface area contributed by atoms with Crippen LogP contribution in [0.4, 0.5) is 0 Å². The van der Waals surface area contributed by atoms with Gasteiger partial charge in [-0.05, 0) is 54.5 Å². The molecule has 1 fully saturated rings. The molecule has 0 amide bonds. The van der Waals surface area contributed by atoms with E-state index in [1.807, 2.05) is 36.0 Å². The number of halogens is 1. The zero-order chi connectivity index (χ0) is 13.1. The smallest absolute Gasteiger partial charge is 0.119 e. The Labute approximate surface area is 122 Å². The molecule has 0 atom stereocenters. The molecular formula is C15H14ClNOS. The number of allylic oxidation sites excluding steroid dienone is 1. The lowest BCUT2D eigenvalue weighted by molar-refractivity contribution is -0.0432. The van der Waals surface area contributed by atoms with Crippen LogP contribution in [-0.4, -0.2) is 17.1 Å². The van der Waals surface area contributed by atoms with Crippen LogP contribution in [0.25, 0.3) is 0 Å². The van der Waals surface area contributed by atoms with Crippen molar-refractivity contribution >= 4 is 23.4 Å². The van der Waals surface area contributed by atoms with Crippen LogP contribution in [0.15, 0.2) is 36.0 Å². The van der Waals surface area contributed by atoms with E-state index in [0.717, 1.165) is 35.6 Å². The molecule has 0 unspecified atom stereocenters. The van der Waals surface area contributed by atoms with Crippen molar-refractivity contribution in [3.05, 3.63) is 46.6 Å². The van der Waals surface area contributed by atoms with Crippen molar-refractivity contribution in [2.75, 3.05) is 11.5 Å². The van der Waals surface area contributed by atoms with Gasteiger partial charge in [0.15, 0.2) is 0 Å². The van der Waals surface area contributed by atoms with Gasteiger partial charge in [0.2, 0.25) is 0 Å². The molecule has 0 radical (unpaired) electrons. The van der Waals surface area contributed by atoms with Gasteiger partial charge < -0.3 is 0 Å². The summed E-state index contributed by atoms with van der Waals surface area (Å²) in [5.41, 5.74) is 4.58. The molecule has 1 aromatic carbocycles. The molecule has 0 saturated carbocycles. The number of thioether (sulfide) groups is 1. The summed E-state index contributed by atoms with van der Waals surface area (Å²) in [6, 6.07) is 7.55. The molecule has 0 aromatic heterocycles. The van der Waals surface area contributed by atoms with E-state index in [0.29, 0.717) is 5.02 Å². The summed E-state index contributed by atoms with van der Waals surface area (Å²) in [5, 5.41) is 0.706. The second-order valence-corrected chi connectivity index (χ2v) is 6.36. The highest BCUT2D eigenvalue weighted by molar-refractivity contribution is 7.99. The normalized spacial score (nSPS) is 20.4. The lowest BCUT2D eigenvalue weighted by Gasteiger charge is -2.28. The van der Waals surface area contributed by atoms with Crippen molar-refractivity contribution in [2.24, 2.45) is 0 Å². The molecule has 2 heterocycles. The fourth-order valence-electron chi connectivity index (χ4n) is 2.21. The summed E-state index contributed by atoms with van der Waals surface area (Å²) in [6.45, 7) is 0. The van der Waals surface area contributed by atoms with Gasteiger partial charge in [-0.25, -0.2) is 0 Å². The molecule has 0 aliphatic carbocycles. The van der Waals surface area contributed by atoms with Gasteiger partial charge >= 0.3 is 0 Å². The van der Waals surface area contributed by atoms with Gasteiger partial charge in [-0.2, -0.15) is 11.8 Å². The van der Waals surface area contributed by atoms with Crippen LogP contribution in [0.1, 0.15) is 18.4 Å². The summed E-state index contributed by atoms with van der Waals surface area (Å²) in [5.74, 6) is 8.50. The largest absolute Gasteiger partial charge is 0.265 e. The highest BCUT2D eigenvalue weighted by atomic mass is 35.5. The molecule has 2 aliphatic rings. The third kappa shape index (κ3) is 3.09. The summed E-state index contributed by atoms with van der Waals surface area (Å²) in [4.78, 5) is 5.72. The lowest BCUT2D eigenvalue weighted by Crippen LogP contribution is -2.33. The Morgan fingerprint density at radius 2 is 2.11 bits per heavy atom. The van der Waals surface area contributed by atoms with Crippen LogP contribution in [0.2, 0.25) is 5.02 Å². The van der Waals surface area contributed by atoms with Crippen LogP contribution in [0.3, 0.4) is 0 Å². The summed E-state index contributed by atoms with van der Waals surface area (Å²) < 4.78 is 0. The van der Waals surface area contributed by atoms with E-state index in [-0.39, 0.29) is 5.60 Å². The zero-order valence-corrected chi connectivity index (χ0v) is 12.0. The second kappa shape index (κ2) is 5.50. The Kier molecular flexibility index (Phi) is 3.74. The van der Waals surface area contributed by atoms with Crippen LogP contribution < -0.4 is 5.48 Å². The fourth-order valence-corrected chi connectivity index (χ4v) is 3.58. The average Bonchev–Trinajstić information content (AvgIpc) is 2.80. The highest BCUT2D eigenvalue weighted by Crippen LogP contribution is 2.34. The van der Waals surface area contributed by atoms with Gasteiger partial charge in [0, 0.05) is 10.6 Å². The minimum atomic E-state index is -0.135. The first-order valence-corrected chi connectivity index (χ1v) is 7.81. The number of rotatable bonds is 0. The van der Waals surface area contributed by atoms with Gasteiger partial charge in [-0.3, -0.25) is 10.3 Å². The van der Waals surface area contributed by atoms with E-state index in [1.54, 1.807) is 0 Å². The molecule has 1 saturated heterocycles. The Hall–Kier alpha value is -1.08. The molecule has 1 spiro atoms. The SMILES string of the molecule is Clc1cccc(C#CC2=CC3(CCSCC3)ON2)c1. The molecule has 98 valence electrons. The standard InChI is InChI=1S/C15H14ClNOS/c16-13-3-1-2-12(10-13)4-5-14-11-15(18-17-14)6-8-19-9-7-15/h1-3,10-11,17H,6-9H2. The van der Waals surface area contributed by atoms with Crippen molar-refractivity contribution in [3.63, 3.8) is 0 Å². The van der Waals surface area contributed by atoms with Crippen molar-refractivity contribution < 1.29 is 4.84 Å². The minimum Gasteiger partial charge on any atom is -0.265 e. The van der Waals surface area contributed by atoms with Crippen LogP contribution in [-0.2, 0) is 4.84 Å². The minimum absolute atomic E-state index is 0.135. The van der Waals surface area contributed by atoms with Gasteiger partial charge in [0.05, 0.1) is 0 Å². The van der Waals surface area contributed by atoms with E-state index in [4.69, 9.17) is 16.4 Å². The Bertz CT molecular complexity index is 567. The van der Waals surface area contributed by atoms with E-state index in [1.165, 1.54) is 0 Å². The van der Waals surface area contributed by atoms with Crippen LogP contribution >= 0.6 is 23.4 Å². The molecule has 3 rings (SSSR count). The van der Waals surface area contributed by atoms with Crippen LogP contribution in [0.5, 0.6) is 0 Å². The molecule has 4 heteroatoms. The number of nitrogens with one attached hydrogen (secondary N) is 1. The monoisotopic (exact) mass is 291 g/mol. The first kappa shape index (κ1) is 12.9. The Balaban J connectivity index is 1.76. The zero-order valence-electron chi connectivity index (χ0n) is 10.4. The summed E-state index contributed by atoms with van der Waals surface area (Å²) in [7, 11) is 0. The maximum Gasteiger partial charge on any atom is 0.119 e. The van der Waals surface area contributed by atoms with E-state index in [2.05, 4.69) is 23.4 Å². The maximum atomic E-state index is 5.93. The third-order valence-electron chi connectivity index (χ3n) is 3.28. The third-order valence-corrected chi connectivity index (χ3v) is 4.50. The fraction of sp³-hybridized carbons (Fsp3) is 0.333. The maximum absolute atomic E-state index is 5.93. The van der Waals surface area contributed by atoms with E-state index >= 15 is 0 Å². The average molecular weight is 292 g/mol. The van der Waals surface area contributed by atoms with Gasteiger partial charge in [-0.15, -0.1) is 0 Å². The number of hydroxylamine groups is 1. The second-order valence-electron chi connectivity index (χ2n) is 4.70. The highest BCUT2D eigenvalue weighted by Gasteiger charge is 2.36. The van der Waals surface area contributed by atoms with Gasteiger partial charge in [0.25, 0.3) is 0 Å². The predicted molar refractivity (Wildman–Crippen MR) is 79.9 cm³/mol. The lowest BCUT2D eigenvalue weighted by atomic mass is 9.96. The molecule has 1 N–H and O–H groups in total. The molecular weight excluding hydrogens is 278 g/mol.